The Kier molecular flexibility index (Phi) is 3.42. The quantitative estimate of drug-likeness (QED) is 0.788. The summed E-state index contributed by atoms with van der Waals surface area (Å²) in [5, 5.41) is 0. The molecule has 3 saturated heterocycles. The van der Waals surface area contributed by atoms with Crippen LogP contribution in [0, 0.1) is 0 Å². The summed E-state index contributed by atoms with van der Waals surface area (Å²) in [5.41, 5.74) is 6.16. The second-order valence-electron chi connectivity index (χ2n) is 6.23. The summed E-state index contributed by atoms with van der Waals surface area (Å²) in [7, 11) is 0. The SMILES string of the molecule is CCN1CCC(N2C3CCC2CC(N)C3)CC1. The third kappa shape index (κ3) is 2.25. The van der Waals surface area contributed by atoms with Crippen LogP contribution >= 0.6 is 0 Å². The molecule has 0 aromatic carbocycles. The second-order valence-corrected chi connectivity index (χ2v) is 6.23. The second kappa shape index (κ2) is 4.87. The van der Waals surface area contributed by atoms with Crippen LogP contribution in [-0.2, 0) is 0 Å². The fraction of sp³-hybridized carbons (Fsp3) is 1.00. The molecule has 2 bridgehead atoms. The van der Waals surface area contributed by atoms with Gasteiger partial charge in [-0.3, -0.25) is 4.90 Å². The van der Waals surface area contributed by atoms with Crippen molar-refractivity contribution in [1.29, 1.82) is 0 Å². The van der Waals surface area contributed by atoms with Gasteiger partial charge in [-0.1, -0.05) is 6.92 Å². The highest BCUT2D eigenvalue weighted by atomic mass is 15.3. The molecule has 3 heteroatoms. The van der Waals surface area contributed by atoms with Crippen LogP contribution in [0.2, 0.25) is 0 Å². The molecule has 0 aliphatic carbocycles. The van der Waals surface area contributed by atoms with Crippen molar-refractivity contribution >= 4 is 0 Å². The van der Waals surface area contributed by atoms with Gasteiger partial charge in [-0.05, 0) is 58.2 Å². The molecule has 2 unspecified atom stereocenters. The largest absolute Gasteiger partial charge is 0.328 e. The van der Waals surface area contributed by atoms with Crippen molar-refractivity contribution < 1.29 is 0 Å². The number of piperidine rings is 2. The van der Waals surface area contributed by atoms with E-state index < -0.39 is 0 Å². The molecule has 0 radical (unpaired) electrons. The van der Waals surface area contributed by atoms with Crippen LogP contribution < -0.4 is 5.73 Å². The van der Waals surface area contributed by atoms with Gasteiger partial charge in [0.15, 0.2) is 0 Å². The molecular weight excluding hydrogens is 210 g/mol. The monoisotopic (exact) mass is 237 g/mol. The number of hydrogen-bond donors (Lipinski definition) is 1. The average Bonchev–Trinajstić information content (AvgIpc) is 2.62. The summed E-state index contributed by atoms with van der Waals surface area (Å²) >= 11 is 0. The smallest absolute Gasteiger partial charge is 0.0125 e. The van der Waals surface area contributed by atoms with Crippen LogP contribution in [0.3, 0.4) is 0 Å². The van der Waals surface area contributed by atoms with E-state index in [9.17, 15) is 0 Å². The molecule has 3 fully saturated rings. The standard InChI is InChI=1S/C14H27N3/c1-2-16-7-5-12(6-8-16)17-13-3-4-14(17)10-11(15)9-13/h11-14H,2-10,15H2,1H3. The molecule has 17 heavy (non-hydrogen) atoms. The van der Waals surface area contributed by atoms with Crippen LogP contribution in [0.15, 0.2) is 0 Å². The first kappa shape index (κ1) is 11.9. The number of rotatable bonds is 2. The molecule has 98 valence electrons. The van der Waals surface area contributed by atoms with Gasteiger partial charge in [0.2, 0.25) is 0 Å². The third-order valence-electron chi connectivity index (χ3n) is 5.25. The molecule has 0 spiro atoms. The van der Waals surface area contributed by atoms with Gasteiger partial charge in [0, 0.05) is 24.2 Å². The first-order valence-corrected chi connectivity index (χ1v) is 7.53. The Labute approximate surface area is 105 Å². The average molecular weight is 237 g/mol. The molecule has 3 aliphatic rings. The van der Waals surface area contributed by atoms with Crippen LogP contribution in [0.25, 0.3) is 0 Å². The Bertz CT molecular complexity index is 246. The summed E-state index contributed by atoms with van der Waals surface area (Å²) in [6.45, 7) is 6.13. The van der Waals surface area contributed by atoms with E-state index in [1.54, 1.807) is 0 Å². The molecule has 0 aromatic rings. The number of likely N-dealkylation sites (tertiary alicyclic amines) is 1. The van der Waals surface area contributed by atoms with Gasteiger partial charge in [0.1, 0.15) is 0 Å². The van der Waals surface area contributed by atoms with Crippen molar-refractivity contribution in [2.24, 2.45) is 5.73 Å². The van der Waals surface area contributed by atoms with Crippen molar-refractivity contribution in [3.05, 3.63) is 0 Å². The normalized spacial score (nSPS) is 40.9. The maximum Gasteiger partial charge on any atom is 0.0125 e. The molecule has 0 saturated carbocycles. The Morgan fingerprint density at radius 1 is 0.941 bits per heavy atom. The molecule has 0 aromatic heterocycles. The lowest BCUT2D eigenvalue weighted by atomic mass is 9.93. The van der Waals surface area contributed by atoms with E-state index in [0.29, 0.717) is 6.04 Å². The minimum atomic E-state index is 0.486. The van der Waals surface area contributed by atoms with Gasteiger partial charge < -0.3 is 10.6 Å². The van der Waals surface area contributed by atoms with Crippen LogP contribution in [-0.4, -0.2) is 53.6 Å². The molecule has 2 N–H and O–H groups in total. The van der Waals surface area contributed by atoms with E-state index in [-0.39, 0.29) is 0 Å². The number of nitrogens with two attached hydrogens (primary N) is 1. The van der Waals surface area contributed by atoms with E-state index in [4.69, 9.17) is 5.73 Å². The predicted molar refractivity (Wildman–Crippen MR) is 71.0 cm³/mol. The molecular formula is C14H27N3. The zero-order valence-corrected chi connectivity index (χ0v) is 11.1. The zero-order valence-electron chi connectivity index (χ0n) is 11.1. The number of fused-ring (bicyclic) bond motifs is 2. The molecule has 0 amide bonds. The minimum Gasteiger partial charge on any atom is -0.328 e. The number of hydrogen-bond acceptors (Lipinski definition) is 3. The Morgan fingerprint density at radius 3 is 2.06 bits per heavy atom. The fourth-order valence-corrected chi connectivity index (χ4v) is 4.39. The molecule has 3 nitrogen and oxygen atoms in total. The summed E-state index contributed by atoms with van der Waals surface area (Å²) in [4.78, 5) is 5.46. The maximum absolute atomic E-state index is 6.16. The predicted octanol–water partition coefficient (Wildman–Crippen LogP) is 1.42. The van der Waals surface area contributed by atoms with E-state index in [2.05, 4.69) is 16.7 Å². The summed E-state index contributed by atoms with van der Waals surface area (Å²) < 4.78 is 0. The lowest BCUT2D eigenvalue weighted by molar-refractivity contribution is 0.0396. The highest BCUT2D eigenvalue weighted by molar-refractivity contribution is 5.00. The van der Waals surface area contributed by atoms with Crippen LogP contribution in [0.1, 0.15) is 45.4 Å². The van der Waals surface area contributed by atoms with E-state index >= 15 is 0 Å². The lowest BCUT2D eigenvalue weighted by Crippen LogP contribution is -2.54. The highest BCUT2D eigenvalue weighted by Crippen LogP contribution is 2.38. The lowest BCUT2D eigenvalue weighted by Gasteiger charge is -2.45. The van der Waals surface area contributed by atoms with Gasteiger partial charge in [-0.2, -0.15) is 0 Å². The van der Waals surface area contributed by atoms with Gasteiger partial charge in [0.05, 0.1) is 0 Å². The summed E-state index contributed by atoms with van der Waals surface area (Å²) in [6, 6.07) is 2.99. The first-order chi connectivity index (χ1) is 8.28. The van der Waals surface area contributed by atoms with Crippen molar-refractivity contribution in [3.8, 4) is 0 Å². The Morgan fingerprint density at radius 2 is 1.53 bits per heavy atom. The van der Waals surface area contributed by atoms with Crippen LogP contribution in [0.4, 0.5) is 0 Å². The van der Waals surface area contributed by atoms with Crippen molar-refractivity contribution in [2.75, 3.05) is 19.6 Å². The number of nitrogens with zero attached hydrogens (tertiary/aromatic N) is 2. The molecule has 3 aliphatic heterocycles. The first-order valence-electron chi connectivity index (χ1n) is 7.53. The Hall–Kier alpha value is -0.120. The van der Waals surface area contributed by atoms with Gasteiger partial charge >= 0.3 is 0 Å². The van der Waals surface area contributed by atoms with Crippen molar-refractivity contribution in [1.82, 2.24) is 9.80 Å². The zero-order chi connectivity index (χ0) is 11.8. The van der Waals surface area contributed by atoms with E-state index in [1.807, 2.05) is 0 Å². The summed E-state index contributed by atoms with van der Waals surface area (Å²) in [6.07, 6.45) is 8.10. The summed E-state index contributed by atoms with van der Waals surface area (Å²) in [5.74, 6) is 0. The molecule has 3 heterocycles. The minimum absolute atomic E-state index is 0.486. The van der Waals surface area contributed by atoms with Gasteiger partial charge in [-0.25, -0.2) is 0 Å². The van der Waals surface area contributed by atoms with Gasteiger partial charge in [-0.15, -0.1) is 0 Å². The van der Waals surface area contributed by atoms with Crippen LogP contribution in [0.5, 0.6) is 0 Å². The topological polar surface area (TPSA) is 32.5 Å². The van der Waals surface area contributed by atoms with Crippen molar-refractivity contribution in [3.63, 3.8) is 0 Å². The van der Waals surface area contributed by atoms with Crippen molar-refractivity contribution in [2.45, 2.75) is 69.6 Å². The molecule has 3 rings (SSSR count). The highest BCUT2D eigenvalue weighted by Gasteiger charge is 2.43. The van der Waals surface area contributed by atoms with E-state index in [1.165, 1.54) is 58.2 Å². The fourth-order valence-electron chi connectivity index (χ4n) is 4.39. The Balaban J connectivity index is 1.62. The third-order valence-corrected chi connectivity index (χ3v) is 5.25. The molecule has 2 atom stereocenters. The van der Waals surface area contributed by atoms with Gasteiger partial charge in [0.25, 0.3) is 0 Å². The van der Waals surface area contributed by atoms with E-state index in [0.717, 1.165) is 18.1 Å². The maximum atomic E-state index is 6.16.